The van der Waals surface area contributed by atoms with Gasteiger partial charge in [-0.05, 0) is 72.3 Å². The van der Waals surface area contributed by atoms with Gasteiger partial charge in [-0.2, -0.15) is 0 Å². The van der Waals surface area contributed by atoms with Crippen LogP contribution in [0.4, 0.5) is 4.39 Å². The van der Waals surface area contributed by atoms with Crippen LogP contribution in [-0.4, -0.2) is 54.7 Å². The summed E-state index contributed by atoms with van der Waals surface area (Å²) in [6, 6.07) is 19.9. The summed E-state index contributed by atoms with van der Waals surface area (Å²) in [6.07, 6.45) is 4.32. The van der Waals surface area contributed by atoms with Crippen LogP contribution in [0.1, 0.15) is 52.8 Å². The quantitative estimate of drug-likeness (QED) is 0.148. The maximum Gasteiger partial charge on any atom is 0.328 e. The number of nitrogens with zero attached hydrogens (tertiary/aromatic N) is 2. The molecule has 1 N–H and O–H groups in total. The lowest BCUT2D eigenvalue weighted by Gasteiger charge is -2.44. The fourth-order valence-electron chi connectivity index (χ4n) is 6.62. The van der Waals surface area contributed by atoms with E-state index in [0.29, 0.717) is 39.4 Å². The Hall–Kier alpha value is -4.02. The zero-order chi connectivity index (χ0) is 34.3. The summed E-state index contributed by atoms with van der Waals surface area (Å²) in [7, 11) is 1.57. The van der Waals surface area contributed by atoms with E-state index in [-0.39, 0.29) is 31.1 Å². The maximum absolute atomic E-state index is 15.0. The second-order valence-electron chi connectivity index (χ2n) is 12.5. The molecule has 3 aromatic carbocycles. The third-order valence-electron chi connectivity index (χ3n) is 9.25. The second kappa shape index (κ2) is 16.1. The van der Waals surface area contributed by atoms with Crippen LogP contribution >= 0.6 is 23.2 Å². The Balaban J connectivity index is 1.14. The van der Waals surface area contributed by atoms with Crippen molar-refractivity contribution in [2.24, 2.45) is 5.92 Å². The summed E-state index contributed by atoms with van der Waals surface area (Å²) in [5, 5.41) is 3.97. The Morgan fingerprint density at radius 1 is 0.980 bits per heavy atom. The van der Waals surface area contributed by atoms with Gasteiger partial charge in [0.1, 0.15) is 29.8 Å². The van der Waals surface area contributed by atoms with Crippen LogP contribution in [0.3, 0.4) is 0 Å². The predicted molar refractivity (Wildman–Crippen MR) is 185 cm³/mol. The summed E-state index contributed by atoms with van der Waals surface area (Å²) in [5.74, 6) is -0.491. The molecular weight excluding hydrogens is 668 g/mol. The summed E-state index contributed by atoms with van der Waals surface area (Å²) in [6.45, 7) is 2.99. The van der Waals surface area contributed by atoms with Gasteiger partial charge in [0.05, 0.1) is 23.6 Å². The molecule has 0 saturated carbocycles. The first kappa shape index (κ1) is 34.8. The molecule has 3 aliphatic heterocycles. The molecule has 11 heteroatoms. The number of rotatable bonds is 13. The number of fused-ring (bicyclic) bond motifs is 3. The fraction of sp³-hybridized carbons (Fsp3) is 0.342. The summed E-state index contributed by atoms with van der Waals surface area (Å²) < 4.78 is 32.4. The molecule has 49 heavy (non-hydrogen) atoms. The number of aromatic nitrogens is 1. The predicted octanol–water partition coefficient (Wildman–Crippen LogP) is 7.07. The zero-order valence-corrected chi connectivity index (χ0v) is 28.6. The van der Waals surface area contributed by atoms with E-state index in [0.717, 1.165) is 37.1 Å². The third-order valence-corrected chi connectivity index (χ3v) is 9.90. The molecule has 0 aliphatic carbocycles. The van der Waals surface area contributed by atoms with Crippen molar-refractivity contribution in [2.45, 2.75) is 50.5 Å². The third kappa shape index (κ3) is 8.78. The number of piperidine rings is 3. The van der Waals surface area contributed by atoms with Crippen molar-refractivity contribution in [1.82, 2.24) is 15.2 Å². The van der Waals surface area contributed by atoms with Gasteiger partial charge in [0.15, 0.2) is 0 Å². The number of ether oxygens (including phenoxy) is 3. The largest absolute Gasteiger partial charge is 0.497 e. The first-order chi connectivity index (χ1) is 23.8. The molecule has 256 valence electrons. The number of hydrogen-bond donors (Lipinski definition) is 1. The van der Waals surface area contributed by atoms with Gasteiger partial charge in [-0.1, -0.05) is 77.8 Å². The Morgan fingerprint density at radius 2 is 1.71 bits per heavy atom. The highest BCUT2D eigenvalue weighted by Crippen LogP contribution is 2.33. The average Bonchev–Trinajstić information content (AvgIpc) is 3.11. The Bertz CT molecular complexity index is 1760. The van der Waals surface area contributed by atoms with Gasteiger partial charge >= 0.3 is 11.9 Å². The SMILES string of the molecule is COc1cccc([C@H](Cc2c(Cl)cncc2Cl)OC(=O)Cc2cccc(CNC(C(=O)O[C@H]3CN4CCC3CC4)c3ccccc3F)c2)c1. The minimum atomic E-state index is -0.999. The van der Waals surface area contributed by atoms with E-state index in [9.17, 15) is 14.0 Å². The molecule has 0 spiro atoms. The zero-order valence-electron chi connectivity index (χ0n) is 27.1. The van der Waals surface area contributed by atoms with Crippen LogP contribution in [0.2, 0.25) is 10.0 Å². The van der Waals surface area contributed by atoms with Crippen molar-refractivity contribution in [3.63, 3.8) is 0 Å². The molecule has 8 nitrogen and oxygen atoms in total. The van der Waals surface area contributed by atoms with Gasteiger partial charge in [0.25, 0.3) is 0 Å². The van der Waals surface area contributed by atoms with Crippen molar-refractivity contribution in [3.05, 3.63) is 129 Å². The molecule has 2 bridgehead atoms. The van der Waals surface area contributed by atoms with Crippen LogP contribution in [0.25, 0.3) is 0 Å². The topological polar surface area (TPSA) is 90.0 Å². The van der Waals surface area contributed by atoms with Crippen molar-refractivity contribution in [2.75, 3.05) is 26.7 Å². The molecule has 3 atom stereocenters. The highest BCUT2D eigenvalue weighted by atomic mass is 35.5. The van der Waals surface area contributed by atoms with Crippen LogP contribution in [0.15, 0.2) is 85.2 Å². The van der Waals surface area contributed by atoms with E-state index in [2.05, 4.69) is 15.2 Å². The molecule has 4 aromatic rings. The normalized spacial score (nSPS) is 19.6. The first-order valence-electron chi connectivity index (χ1n) is 16.4. The lowest BCUT2D eigenvalue weighted by atomic mass is 9.86. The Labute approximate surface area is 295 Å². The van der Waals surface area contributed by atoms with Crippen LogP contribution in [0, 0.1) is 11.7 Å². The smallest absolute Gasteiger partial charge is 0.328 e. The van der Waals surface area contributed by atoms with E-state index in [1.165, 1.54) is 18.5 Å². The first-order valence-corrected chi connectivity index (χ1v) is 17.1. The molecule has 1 aromatic heterocycles. The summed E-state index contributed by atoms with van der Waals surface area (Å²) in [4.78, 5) is 33.3. The van der Waals surface area contributed by atoms with E-state index in [1.54, 1.807) is 31.4 Å². The molecule has 3 fully saturated rings. The van der Waals surface area contributed by atoms with Gasteiger partial charge < -0.3 is 14.2 Å². The van der Waals surface area contributed by atoms with Gasteiger partial charge in [-0.15, -0.1) is 0 Å². The average molecular weight is 707 g/mol. The Morgan fingerprint density at radius 3 is 2.43 bits per heavy atom. The highest BCUT2D eigenvalue weighted by molar-refractivity contribution is 6.35. The van der Waals surface area contributed by atoms with E-state index >= 15 is 0 Å². The number of nitrogens with one attached hydrogen (secondary N) is 1. The van der Waals surface area contributed by atoms with Crippen LogP contribution in [-0.2, 0) is 38.4 Å². The minimum absolute atomic E-state index is 0.00945. The van der Waals surface area contributed by atoms with Gasteiger partial charge in [0.2, 0.25) is 0 Å². The van der Waals surface area contributed by atoms with Crippen molar-refractivity contribution in [3.8, 4) is 5.75 Å². The molecule has 3 saturated heterocycles. The molecule has 0 amide bonds. The number of carbonyl (C=O) groups is 2. The minimum Gasteiger partial charge on any atom is -0.497 e. The number of methoxy groups -OCH3 is 1. The number of halogens is 3. The van der Waals surface area contributed by atoms with Gasteiger partial charge in [-0.3, -0.25) is 20.0 Å². The van der Waals surface area contributed by atoms with Crippen molar-refractivity contribution in [1.29, 1.82) is 0 Å². The maximum atomic E-state index is 15.0. The lowest BCUT2D eigenvalue weighted by molar-refractivity contribution is -0.161. The fourth-order valence-corrected chi connectivity index (χ4v) is 7.13. The lowest BCUT2D eigenvalue weighted by Crippen LogP contribution is -2.52. The summed E-state index contributed by atoms with van der Waals surface area (Å²) >= 11 is 12.8. The number of benzene rings is 3. The number of hydrogen-bond acceptors (Lipinski definition) is 8. The molecule has 3 aliphatic rings. The number of esters is 2. The second-order valence-corrected chi connectivity index (χ2v) is 13.3. The van der Waals surface area contributed by atoms with Gasteiger partial charge in [-0.25, -0.2) is 9.18 Å². The molecular formula is C38H38Cl2FN3O5. The monoisotopic (exact) mass is 705 g/mol. The number of carbonyl (C=O) groups excluding carboxylic acids is 2. The molecule has 4 heterocycles. The number of pyridine rings is 1. The molecule has 1 unspecified atom stereocenters. The van der Waals surface area contributed by atoms with Crippen molar-refractivity contribution >= 4 is 35.1 Å². The van der Waals surface area contributed by atoms with E-state index < -0.39 is 29.9 Å². The van der Waals surface area contributed by atoms with Crippen LogP contribution < -0.4 is 10.1 Å². The van der Waals surface area contributed by atoms with Crippen molar-refractivity contribution < 1.29 is 28.2 Å². The Kier molecular flexibility index (Phi) is 11.5. The van der Waals surface area contributed by atoms with E-state index in [1.807, 2.05) is 42.5 Å². The molecule has 7 rings (SSSR count). The summed E-state index contributed by atoms with van der Waals surface area (Å²) in [5.41, 5.74) is 3.09. The highest BCUT2D eigenvalue weighted by Gasteiger charge is 2.38. The standard InChI is InChI=1S/C38H38Cl2FN3O5/c1-47-28-9-5-8-27(18-28)34(19-30-31(39)21-42-22-32(30)40)48-36(45)17-24-6-4-7-25(16-24)20-43-37(29-10-2-3-11-33(29)41)38(46)49-35-23-44-14-12-26(35)13-15-44/h2-11,16,18,21-22,26,34-35,37,43H,12-15,17,19-20,23H2,1H3/t34-,35-,37?/m0/s1. The molecule has 0 radical (unpaired) electrons. The van der Waals surface area contributed by atoms with Crippen LogP contribution in [0.5, 0.6) is 5.75 Å². The van der Waals surface area contributed by atoms with E-state index in [4.69, 9.17) is 37.4 Å². The van der Waals surface area contributed by atoms with Gasteiger partial charge in [0, 0.05) is 37.5 Å².